The standard InChI is InChI=1S/C26H32ClN3O4/c1-33-24-4-2-3-21(17-24)28-26(32)19-9-13-29(14-10-19)22-11-15-30(16-12-22)25(31)18-34-23-7-5-20(27)6-8-23/h2-8,17,19,22H,9-16,18H2,1H3,(H,28,32). The first-order valence-corrected chi connectivity index (χ1v) is 12.2. The lowest BCUT2D eigenvalue weighted by atomic mass is 9.92. The molecule has 0 saturated carbocycles. The molecular weight excluding hydrogens is 454 g/mol. The molecule has 2 aliphatic rings. The van der Waals surface area contributed by atoms with Gasteiger partial charge in [-0.05, 0) is 75.2 Å². The molecule has 2 saturated heterocycles. The molecule has 182 valence electrons. The van der Waals surface area contributed by atoms with Crippen molar-refractivity contribution >= 4 is 29.1 Å². The molecule has 0 radical (unpaired) electrons. The summed E-state index contributed by atoms with van der Waals surface area (Å²) in [6.45, 7) is 3.34. The van der Waals surface area contributed by atoms with Crippen molar-refractivity contribution in [2.24, 2.45) is 5.92 Å². The summed E-state index contributed by atoms with van der Waals surface area (Å²) < 4.78 is 10.8. The van der Waals surface area contributed by atoms with Crippen molar-refractivity contribution in [1.82, 2.24) is 9.80 Å². The van der Waals surface area contributed by atoms with Crippen LogP contribution in [0.5, 0.6) is 11.5 Å². The molecule has 4 rings (SSSR count). The maximum Gasteiger partial charge on any atom is 0.260 e. The number of ether oxygens (including phenoxy) is 2. The summed E-state index contributed by atoms with van der Waals surface area (Å²) >= 11 is 5.88. The van der Waals surface area contributed by atoms with Gasteiger partial charge in [-0.1, -0.05) is 17.7 Å². The number of carbonyl (C=O) groups is 2. The molecule has 0 aromatic heterocycles. The predicted octanol–water partition coefficient (Wildman–Crippen LogP) is 4.07. The normalized spacial score (nSPS) is 17.9. The lowest BCUT2D eigenvalue weighted by Gasteiger charge is -2.41. The van der Waals surface area contributed by atoms with Gasteiger partial charge in [0.2, 0.25) is 5.91 Å². The van der Waals surface area contributed by atoms with E-state index in [1.54, 1.807) is 31.4 Å². The number of piperidine rings is 2. The summed E-state index contributed by atoms with van der Waals surface area (Å²) in [4.78, 5) is 29.6. The highest BCUT2D eigenvalue weighted by atomic mass is 35.5. The summed E-state index contributed by atoms with van der Waals surface area (Å²) in [5, 5.41) is 3.67. The molecule has 0 aliphatic carbocycles. The van der Waals surface area contributed by atoms with Crippen LogP contribution in [0.25, 0.3) is 0 Å². The number of hydrogen-bond donors (Lipinski definition) is 1. The van der Waals surface area contributed by atoms with Crippen molar-refractivity contribution in [3.8, 4) is 11.5 Å². The number of nitrogens with one attached hydrogen (secondary N) is 1. The highest BCUT2D eigenvalue weighted by Gasteiger charge is 2.31. The van der Waals surface area contributed by atoms with Gasteiger partial charge in [0.1, 0.15) is 11.5 Å². The number of rotatable bonds is 7. The van der Waals surface area contributed by atoms with E-state index in [0.29, 0.717) is 16.8 Å². The summed E-state index contributed by atoms with van der Waals surface area (Å²) in [7, 11) is 1.62. The van der Waals surface area contributed by atoms with Crippen LogP contribution in [0.4, 0.5) is 5.69 Å². The molecular formula is C26H32ClN3O4. The van der Waals surface area contributed by atoms with E-state index in [4.69, 9.17) is 21.1 Å². The number of nitrogens with zero attached hydrogens (tertiary/aromatic N) is 2. The van der Waals surface area contributed by atoms with Crippen LogP contribution in [0.1, 0.15) is 25.7 Å². The number of anilines is 1. The summed E-state index contributed by atoms with van der Waals surface area (Å²) in [5.41, 5.74) is 0.767. The van der Waals surface area contributed by atoms with Crippen LogP contribution >= 0.6 is 11.6 Å². The zero-order valence-corrected chi connectivity index (χ0v) is 20.3. The van der Waals surface area contributed by atoms with Crippen molar-refractivity contribution in [3.05, 3.63) is 53.6 Å². The first-order valence-electron chi connectivity index (χ1n) is 11.9. The highest BCUT2D eigenvalue weighted by Crippen LogP contribution is 2.26. The number of carbonyl (C=O) groups excluding carboxylic acids is 2. The van der Waals surface area contributed by atoms with Gasteiger partial charge < -0.3 is 24.6 Å². The molecule has 2 aliphatic heterocycles. The number of halogens is 1. The lowest BCUT2D eigenvalue weighted by molar-refractivity contribution is -0.135. The number of likely N-dealkylation sites (tertiary alicyclic amines) is 2. The fraction of sp³-hybridized carbons (Fsp3) is 0.462. The topological polar surface area (TPSA) is 71.1 Å². The molecule has 8 heteroatoms. The molecule has 1 N–H and O–H groups in total. The van der Waals surface area contributed by atoms with Gasteiger partial charge in [-0.3, -0.25) is 9.59 Å². The van der Waals surface area contributed by atoms with Crippen LogP contribution in [0.3, 0.4) is 0 Å². The number of methoxy groups -OCH3 is 1. The molecule has 2 fully saturated rings. The Morgan fingerprint density at radius 1 is 0.971 bits per heavy atom. The quantitative estimate of drug-likeness (QED) is 0.640. The van der Waals surface area contributed by atoms with E-state index in [0.717, 1.165) is 63.3 Å². The predicted molar refractivity (Wildman–Crippen MR) is 132 cm³/mol. The first kappa shape index (κ1) is 24.4. The molecule has 0 unspecified atom stereocenters. The average molecular weight is 486 g/mol. The van der Waals surface area contributed by atoms with E-state index in [1.807, 2.05) is 29.2 Å². The molecule has 2 amide bonds. The molecule has 0 atom stereocenters. The van der Waals surface area contributed by atoms with Gasteiger partial charge in [-0.25, -0.2) is 0 Å². The Balaban J connectivity index is 1.17. The van der Waals surface area contributed by atoms with Crippen molar-refractivity contribution in [2.75, 3.05) is 45.2 Å². The second-order valence-electron chi connectivity index (χ2n) is 8.89. The second-order valence-corrected chi connectivity index (χ2v) is 9.32. The molecule has 7 nitrogen and oxygen atoms in total. The lowest BCUT2D eigenvalue weighted by Crippen LogP contribution is -2.50. The van der Waals surface area contributed by atoms with Gasteiger partial charge in [0.05, 0.1) is 7.11 Å². The Morgan fingerprint density at radius 3 is 2.35 bits per heavy atom. The number of amides is 2. The molecule has 2 aromatic carbocycles. The number of benzene rings is 2. The van der Waals surface area contributed by atoms with Gasteiger partial charge in [0.25, 0.3) is 5.91 Å². The Morgan fingerprint density at radius 2 is 1.68 bits per heavy atom. The van der Waals surface area contributed by atoms with Gasteiger partial charge in [0, 0.05) is 41.8 Å². The Labute approximate surface area is 206 Å². The first-order chi connectivity index (χ1) is 16.5. The Kier molecular flexibility index (Phi) is 8.29. The van der Waals surface area contributed by atoms with Crippen LogP contribution in [-0.4, -0.2) is 67.6 Å². The average Bonchev–Trinajstić information content (AvgIpc) is 2.88. The molecule has 0 spiro atoms. The minimum Gasteiger partial charge on any atom is -0.497 e. The maximum atomic E-state index is 12.7. The summed E-state index contributed by atoms with van der Waals surface area (Å²) in [5.74, 6) is 1.49. The Bertz CT molecular complexity index is 968. The van der Waals surface area contributed by atoms with Crippen LogP contribution in [0.2, 0.25) is 5.02 Å². The van der Waals surface area contributed by atoms with Gasteiger partial charge in [-0.15, -0.1) is 0 Å². The van der Waals surface area contributed by atoms with E-state index in [2.05, 4.69) is 10.2 Å². The van der Waals surface area contributed by atoms with Gasteiger partial charge in [0.15, 0.2) is 6.61 Å². The van der Waals surface area contributed by atoms with E-state index in [-0.39, 0.29) is 24.3 Å². The number of hydrogen-bond acceptors (Lipinski definition) is 5. The Hall–Kier alpha value is -2.77. The van der Waals surface area contributed by atoms with E-state index < -0.39 is 0 Å². The third-order valence-corrected chi connectivity index (χ3v) is 7.00. The summed E-state index contributed by atoms with van der Waals surface area (Å²) in [6, 6.07) is 14.9. The smallest absolute Gasteiger partial charge is 0.260 e. The van der Waals surface area contributed by atoms with Crippen LogP contribution in [-0.2, 0) is 9.59 Å². The van der Waals surface area contributed by atoms with E-state index >= 15 is 0 Å². The second kappa shape index (κ2) is 11.6. The molecule has 0 bridgehead atoms. The fourth-order valence-corrected chi connectivity index (χ4v) is 4.85. The highest BCUT2D eigenvalue weighted by molar-refractivity contribution is 6.30. The van der Waals surface area contributed by atoms with Crippen molar-refractivity contribution < 1.29 is 19.1 Å². The van der Waals surface area contributed by atoms with Crippen molar-refractivity contribution in [1.29, 1.82) is 0 Å². The maximum absolute atomic E-state index is 12.7. The van der Waals surface area contributed by atoms with Crippen LogP contribution < -0.4 is 14.8 Å². The zero-order chi connectivity index (χ0) is 23.9. The van der Waals surface area contributed by atoms with Crippen molar-refractivity contribution in [2.45, 2.75) is 31.7 Å². The molecule has 34 heavy (non-hydrogen) atoms. The third-order valence-electron chi connectivity index (χ3n) is 6.75. The fourth-order valence-electron chi connectivity index (χ4n) is 4.72. The molecule has 2 aromatic rings. The van der Waals surface area contributed by atoms with E-state index in [1.165, 1.54) is 0 Å². The SMILES string of the molecule is COc1cccc(NC(=O)C2CCN(C3CCN(C(=O)COc4ccc(Cl)cc4)CC3)CC2)c1. The van der Waals surface area contributed by atoms with Crippen LogP contribution in [0.15, 0.2) is 48.5 Å². The van der Waals surface area contributed by atoms with Crippen LogP contribution in [0, 0.1) is 5.92 Å². The minimum atomic E-state index is 0.0151. The van der Waals surface area contributed by atoms with Crippen molar-refractivity contribution in [3.63, 3.8) is 0 Å². The van der Waals surface area contributed by atoms with Gasteiger partial charge >= 0.3 is 0 Å². The van der Waals surface area contributed by atoms with Gasteiger partial charge in [-0.2, -0.15) is 0 Å². The monoisotopic (exact) mass is 485 g/mol. The minimum absolute atomic E-state index is 0.0151. The summed E-state index contributed by atoms with van der Waals surface area (Å²) in [6.07, 6.45) is 3.61. The third kappa shape index (κ3) is 6.42. The largest absolute Gasteiger partial charge is 0.497 e. The zero-order valence-electron chi connectivity index (χ0n) is 19.5. The molecule has 2 heterocycles. The van der Waals surface area contributed by atoms with E-state index in [9.17, 15) is 9.59 Å².